The minimum Gasteiger partial charge on any atom is -0.431 e. The molecule has 2 aliphatic heterocycles. The maximum absolute atomic E-state index is 13.7. The monoisotopic (exact) mass is 403 g/mol. The van der Waals surface area contributed by atoms with Crippen LogP contribution in [0.1, 0.15) is 24.1 Å². The van der Waals surface area contributed by atoms with Gasteiger partial charge in [-0.15, -0.1) is 0 Å². The molecule has 7 nitrogen and oxygen atoms in total. The van der Waals surface area contributed by atoms with E-state index in [1.807, 2.05) is 28.9 Å². The zero-order valence-corrected chi connectivity index (χ0v) is 15.0. The highest BCUT2D eigenvalue weighted by Crippen LogP contribution is 2.46. The van der Waals surface area contributed by atoms with Gasteiger partial charge in [-0.25, -0.2) is 9.78 Å². The number of cyclic esters (lactones) is 1. The second-order valence-electron chi connectivity index (χ2n) is 7.03. The van der Waals surface area contributed by atoms with Crippen LogP contribution in [0.2, 0.25) is 0 Å². The van der Waals surface area contributed by atoms with Crippen LogP contribution in [-0.2, 0) is 4.74 Å². The fraction of sp³-hybridized carbons (Fsp3) is 0.316. The molecule has 1 fully saturated rings. The lowest BCUT2D eigenvalue weighted by Gasteiger charge is -2.28. The Morgan fingerprint density at radius 2 is 2.03 bits per heavy atom. The van der Waals surface area contributed by atoms with Gasteiger partial charge < -0.3 is 10.1 Å². The van der Waals surface area contributed by atoms with Crippen LogP contribution in [-0.4, -0.2) is 40.1 Å². The van der Waals surface area contributed by atoms with Gasteiger partial charge in [-0.05, 0) is 25.1 Å². The second kappa shape index (κ2) is 6.45. The van der Waals surface area contributed by atoms with Crippen molar-refractivity contribution >= 4 is 22.8 Å². The molecule has 2 N–H and O–H groups in total. The quantitative estimate of drug-likeness (QED) is 0.680. The molecule has 1 amide bonds. The van der Waals surface area contributed by atoms with Crippen LogP contribution in [0.3, 0.4) is 0 Å². The van der Waals surface area contributed by atoms with Crippen LogP contribution >= 0.6 is 0 Å². The summed E-state index contributed by atoms with van der Waals surface area (Å²) in [7, 11) is 0. The highest BCUT2D eigenvalue weighted by atomic mass is 19.4. The highest BCUT2D eigenvalue weighted by Gasteiger charge is 2.49. The molecule has 2 aromatic heterocycles. The number of alkyl halides is 3. The van der Waals surface area contributed by atoms with E-state index in [0.717, 1.165) is 30.4 Å². The molecule has 2 atom stereocenters. The molecule has 1 saturated heterocycles. The van der Waals surface area contributed by atoms with E-state index in [2.05, 4.69) is 20.4 Å². The van der Waals surface area contributed by atoms with Gasteiger partial charge in [0.2, 0.25) is 6.10 Å². The third kappa shape index (κ3) is 2.91. The first-order valence-corrected chi connectivity index (χ1v) is 9.15. The molecule has 0 radical (unpaired) electrons. The zero-order valence-electron chi connectivity index (χ0n) is 15.0. The number of nitrogens with zero attached hydrogens (tertiary/aromatic N) is 3. The molecule has 29 heavy (non-hydrogen) atoms. The maximum Gasteiger partial charge on any atom is 0.430 e. The van der Waals surface area contributed by atoms with Crippen molar-refractivity contribution in [3.05, 3.63) is 42.1 Å². The Balaban J connectivity index is 1.75. The van der Waals surface area contributed by atoms with Crippen LogP contribution < -0.4 is 10.6 Å². The molecule has 10 heteroatoms. The number of carbonyl (C=O) groups is 1. The van der Waals surface area contributed by atoms with Gasteiger partial charge in [0.1, 0.15) is 11.5 Å². The molecule has 0 bridgehead atoms. The largest absolute Gasteiger partial charge is 0.431 e. The van der Waals surface area contributed by atoms with Crippen molar-refractivity contribution < 1.29 is 22.7 Å². The first-order valence-electron chi connectivity index (χ1n) is 9.15. The Kier molecular flexibility index (Phi) is 3.98. The number of fused-ring (bicyclic) bond motifs is 2. The lowest BCUT2D eigenvalue weighted by molar-refractivity contribution is -0.206. The first kappa shape index (κ1) is 17.9. The van der Waals surface area contributed by atoms with Crippen molar-refractivity contribution in [1.82, 2.24) is 20.1 Å². The lowest BCUT2D eigenvalue weighted by atomic mass is 9.97. The number of benzene rings is 1. The van der Waals surface area contributed by atoms with Crippen molar-refractivity contribution in [1.29, 1.82) is 0 Å². The topological polar surface area (TPSA) is 81.1 Å². The molecule has 1 unspecified atom stereocenters. The zero-order chi connectivity index (χ0) is 20.2. The molecule has 0 spiro atoms. The van der Waals surface area contributed by atoms with Gasteiger partial charge in [-0.3, -0.25) is 10.00 Å². The average Bonchev–Trinajstić information content (AvgIpc) is 3.34. The van der Waals surface area contributed by atoms with Gasteiger partial charge in [-0.1, -0.05) is 18.2 Å². The fourth-order valence-corrected chi connectivity index (χ4v) is 3.98. The summed E-state index contributed by atoms with van der Waals surface area (Å²) in [6, 6.07) is 9.01. The Morgan fingerprint density at radius 1 is 1.21 bits per heavy atom. The molecule has 2 aliphatic rings. The van der Waals surface area contributed by atoms with E-state index in [-0.39, 0.29) is 23.0 Å². The molecule has 4 heterocycles. The standard InChI is InChI=1S/C19H16F3N5O2/c20-19(21,22)16-14-12(6-8-24-17(14)25-18(28)29-16)15-11-3-1-2-4-13(11)27(26-15)10-5-7-23-9-10/h1-4,6,8,10,16,23H,5,7,9H2,(H,24,25,28)/t10?,16-/m1/s1. The second-order valence-corrected chi connectivity index (χ2v) is 7.03. The molecular weight excluding hydrogens is 387 g/mol. The predicted octanol–water partition coefficient (Wildman–Crippen LogP) is 3.80. The summed E-state index contributed by atoms with van der Waals surface area (Å²) in [6.07, 6.45) is -6.14. The number of hydrogen-bond donors (Lipinski definition) is 2. The fourth-order valence-electron chi connectivity index (χ4n) is 3.98. The van der Waals surface area contributed by atoms with Gasteiger partial charge in [0.25, 0.3) is 0 Å². The van der Waals surface area contributed by atoms with E-state index in [1.165, 1.54) is 12.3 Å². The first-order chi connectivity index (χ1) is 13.9. The van der Waals surface area contributed by atoms with Crippen molar-refractivity contribution in [3.8, 4) is 11.3 Å². The van der Waals surface area contributed by atoms with Crippen LogP contribution in [0.15, 0.2) is 36.5 Å². The van der Waals surface area contributed by atoms with Gasteiger partial charge in [-0.2, -0.15) is 18.3 Å². The van der Waals surface area contributed by atoms with E-state index in [1.54, 1.807) is 0 Å². The predicted molar refractivity (Wildman–Crippen MR) is 98.4 cm³/mol. The summed E-state index contributed by atoms with van der Waals surface area (Å²) in [5.74, 6) is -0.165. The number of rotatable bonds is 2. The van der Waals surface area contributed by atoms with Crippen molar-refractivity contribution in [2.45, 2.75) is 24.7 Å². The lowest BCUT2D eigenvalue weighted by Crippen LogP contribution is -2.34. The molecule has 5 rings (SSSR count). The summed E-state index contributed by atoms with van der Waals surface area (Å²) >= 11 is 0. The Bertz CT molecular complexity index is 1100. The number of amides is 1. The third-order valence-electron chi connectivity index (χ3n) is 5.24. The van der Waals surface area contributed by atoms with E-state index in [4.69, 9.17) is 5.10 Å². The number of ether oxygens (including phenoxy) is 1. The van der Waals surface area contributed by atoms with Crippen molar-refractivity contribution in [3.63, 3.8) is 0 Å². The van der Waals surface area contributed by atoms with Crippen molar-refractivity contribution in [2.24, 2.45) is 0 Å². The van der Waals surface area contributed by atoms with Gasteiger partial charge in [0.05, 0.1) is 17.1 Å². The third-order valence-corrected chi connectivity index (χ3v) is 5.24. The normalized spacial score (nSPS) is 21.7. The molecule has 1 aromatic carbocycles. The highest BCUT2D eigenvalue weighted by molar-refractivity contribution is 5.97. The Morgan fingerprint density at radius 3 is 2.79 bits per heavy atom. The maximum atomic E-state index is 13.7. The summed E-state index contributed by atoms with van der Waals surface area (Å²) in [5.41, 5.74) is 1.24. The van der Waals surface area contributed by atoms with E-state index in [9.17, 15) is 18.0 Å². The van der Waals surface area contributed by atoms with Gasteiger partial charge in [0.15, 0.2) is 0 Å². The van der Waals surface area contributed by atoms with E-state index in [0.29, 0.717) is 5.69 Å². The van der Waals surface area contributed by atoms with Crippen LogP contribution in [0.25, 0.3) is 22.2 Å². The number of nitrogens with one attached hydrogen (secondary N) is 2. The number of hydrogen-bond acceptors (Lipinski definition) is 5. The van der Waals surface area contributed by atoms with Gasteiger partial charge in [0, 0.05) is 23.7 Å². The number of halogens is 3. The summed E-state index contributed by atoms with van der Waals surface area (Å²) in [5, 5.41) is 11.0. The van der Waals surface area contributed by atoms with E-state index < -0.39 is 18.4 Å². The SMILES string of the molecule is O=C1Nc2nccc(-c3nn(C4CCNC4)c4ccccc34)c2[C@H](C(F)(F)F)O1. The van der Waals surface area contributed by atoms with Crippen LogP contribution in [0, 0.1) is 0 Å². The molecule has 150 valence electrons. The number of carbonyl (C=O) groups excluding carboxylic acids is 1. The van der Waals surface area contributed by atoms with Crippen LogP contribution in [0.5, 0.6) is 0 Å². The number of pyridine rings is 1. The molecular formula is C19H16F3N5O2. The Hall–Kier alpha value is -3.14. The number of anilines is 1. The van der Waals surface area contributed by atoms with Crippen LogP contribution in [0.4, 0.5) is 23.8 Å². The summed E-state index contributed by atoms with van der Waals surface area (Å²) < 4.78 is 47.5. The Labute approximate surface area is 162 Å². The smallest absolute Gasteiger partial charge is 0.430 e. The average molecular weight is 403 g/mol. The number of aromatic nitrogens is 3. The molecule has 0 saturated carbocycles. The number of para-hydroxylation sites is 1. The minimum atomic E-state index is -4.78. The minimum absolute atomic E-state index is 0.112. The molecule has 3 aromatic rings. The van der Waals surface area contributed by atoms with Gasteiger partial charge >= 0.3 is 12.3 Å². The van der Waals surface area contributed by atoms with Crippen molar-refractivity contribution in [2.75, 3.05) is 18.4 Å². The summed E-state index contributed by atoms with van der Waals surface area (Å²) in [6.45, 7) is 1.60. The molecule has 0 aliphatic carbocycles. The van der Waals surface area contributed by atoms with E-state index >= 15 is 0 Å². The summed E-state index contributed by atoms with van der Waals surface area (Å²) in [4.78, 5) is 15.5.